The third-order valence-corrected chi connectivity index (χ3v) is 2.61. The van der Waals surface area contributed by atoms with Crippen LogP contribution in [0.4, 0.5) is 10.7 Å². The largest absolute Gasteiger partial charge is 0.502 e. The molecule has 2 aromatic rings. The monoisotopic (exact) mass is 305 g/mol. The molecule has 0 fully saturated rings. The number of amides is 1. The van der Waals surface area contributed by atoms with Gasteiger partial charge in [0.25, 0.3) is 5.88 Å². The summed E-state index contributed by atoms with van der Waals surface area (Å²) in [6.45, 7) is 2.97. The minimum absolute atomic E-state index is 0.0728. The number of carbonyl (C=O) groups is 2. The van der Waals surface area contributed by atoms with E-state index in [1.165, 1.54) is 6.92 Å². The van der Waals surface area contributed by atoms with Crippen molar-refractivity contribution in [2.24, 2.45) is 0 Å². The van der Waals surface area contributed by atoms with Crippen molar-refractivity contribution < 1.29 is 28.6 Å². The summed E-state index contributed by atoms with van der Waals surface area (Å²) in [5.74, 6) is -1.44. The van der Waals surface area contributed by atoms with Gasteiger partial charge in [0.1, 0.15) is 0 Å². The molecule has 1 aromatic carbocycles. The van der Waals surface area contributed by atoms with E-state index in [0.717, 1.165) is 0 Å². The number of anilines is 1. The number of furan rings is 1. The zero-order chi connectivity index (χ0) is 16.1. The molecular weight excluding hydrogens is 290 g/mol. The lowest BCUT2D eigenvalue weighted by molar-refractivity contribution is -0.132. The van der Waals surface area contributed by atoms with Crippen LogP contribution in [-0.2, 0) is 9.53 Å². The van der Waals surface area contributed by atoms with E-state index in [0.29, 0.717) is 5.56 Å². The van der Waals surface area contributed by atoms with Crippen molar-refractivity contribution >= 4 is 17.9 Å². The van der Waals surface area contributed by atoms with Gasteiger partial charge in [0.2, 0.25) is 11.5 Å². The van der Waals surface area contributed by atoms with Crippen molar-refractivity contribution in [1.82, 2.24) is 0 Å². The second kappa shape index (κ2) is 6.66. The first-order valence-electron chi connectivity index (χ1n) is 6.56. The summed E-state index contributed by atoms with van der Waals surface area (Å²) in [5.41, 5.74) is 0.560. The van der Waals surface area contributed by atoms with Crippen molar-refractivity contribution in [3.8, 4) is 22.8 Å². The topological polar surface area (TPSA) is 98.0 Å². The first-order valence-corrected chi connectivity index (χ1v) is 6.56. The molecule has 22 heavy (non-hydrogen) atoms. The zero-order valence-corrected chi connectivity index (χ0v) is 12.1. The number of carbonyl (C=O) groups excluding carboxylic acids is 2. The highest BCUT2D eigenvalue weighted by Gasteiger charge is 2.25. The van der Waals surface area contributed by atoms with Crippen LogP contribution in [0.2, 0.25) is 0 Å². The van der Waals surface area contributed by atoms with Gasteiger partial charge in [-0.15, -0.1) is 0 Å². The summed E-state index contributed by atoms with van der Waals surface area (Å²) >= 11 is 0. The molecule has 0 radical (unpaired) electrons. The molecule has 0 aliphatic carbocycles. The molecule has 0 bridgehead atoms. The van der Waals surface area contributed by atoms with Crippen molar-refractivity contribution in [2.45, 2.75) is 13.8 Å². The van der Waals surface area contributed by atoms with E-state index in [1.54, 1.807) is 37.3 Å². The number of rotatable bonds is 4. The zero-order valence-electron chi connectivity index (χ0n) is 12.1. The van der Waals surface area contributed by atoms with Gasteiger partial charge < -0.3 is 19.0 Å². The predicted molar refractivity (Wildman–Crippen MR) is 77.8 cm³/mol. The molecule has 1 amide bonds. The average molecular weight is 305 g/mol. The maximum absolute atomic E-state index is 11.5. The second-order valence-corrected chi connectivity index (χ2v) is 4.24. The first-order chi connectivity index (χ1) is 10.5. The van der Waals surface area contributed by atoms with Crippen molar-refractivity contribution in [1.29, 1.82) is 0 Å². The van der Waals surface area contributed by atoms with Crippen LogP contribution in [0.3, 0.4) is 0 Å². The van der Waals surface area contributed by atoms with Crippen LogP contribution in [0.5, 0.6) is 11.5 Å². The Morgan fingerprint density at radius 2 is 1.95 bits per heavy atom. The molecule has 0 aliphatic rings. The molecule has 0 spiro atoms. The van der Waals surface area contributed by atoms with E-state index in [1.807, 2.05) is 0 Å². The lowest BCUT2D eigenvalue weighted by Gasteiger charge is -2.04. The molecule has 0 saturated heterocycles. The van der Waals surface area contributed by atoms with Crippen LogP contribution in [0.1, 0.15) is 13.8 Å². The normalized spacial score (nSPS) is 10.1. The summed E-state index contributed by atoms with van der Waals surface area (Å²) in [7, 11) is 0. The number of benzene rings is 1. The minimum atomic E-state index is -0.788. The Morgan fingerprint density at radius 1 is 1.27 bits per heavy atom. The van der Waals surface area contributed by atoms with Gasteiger partial charge in [-0.25, -0.2) is 4.79 Å². The summed E-state index contributed by atoms with van der Waals surface area (Å²) in [4.78, 5) is 22.6. The van der Waals surface area contributed by atoms with Crippen LogP contribution in [-0.4, -0.2) is 23.8 Å². The summed E-state index contributed by atoms with van der Waals surface area (Å²) in [5, 5.41) is 12.5. The van der Waals surface area contributed by atoms with Crippen molar-refractivity contribution in [3.63, 3.8) is 0 Å². The molecule has 116 valence electrons. The molecule has 1 aromatic heterocycles. The first kappa shape index (κ1) is 15.4. The van der Waals surface area contributed by atoms with Gasteiger partial charge in [0.15, 0.2) is 5.76 Å². The smallest absolute Gasteiger partial charge is 0.414 e. The highest BCUT2D eigenvalue weighted by atomic mass is 16.6. The minimum Gasteiger partial charge on any atom is -0.502 e. The van der Waals surface area contributed by atoms with Gasteiger partial charge >= 0.3 is 12.1 Å². The van der Waals surface area contributed by atoms with Gasteiger partial charge in [-0.05, 0) is 6.92 Å². The molecular formula is C15H15NO6. The Bertz CT molecular complexity index is 677. The fourth-order valence-electron chi connectivity index (χ4n) is 1.77. The average Bonchev–Trinajstić information content (AvgIpc) is 2.77. The molecule has 2 N–H and O–H groups in total. The third kappa shape index (κ3) is 3.38. The van der Waals surface area contributed by atoms with E-state index >= 15 is 0 Å². The van der Waals surface area contributed by atoms with Crippen molar-refractivity contribution in [2.75, 3.05) is 11.9 Å². The lowest BCUT2D eigenvalue weighted by Crippen LogP contribution is -2.14. The highest BCUT2D eigenvalue weighted by Crippen LogP contribution is 2.46. The van der Waals surface area contributed by atoms with Crippen LogP contribution in [0.15, 0.2) is 34.7 Å². The standard InChI is InChI=1S/C15H15NO6/c1-3-20-15(19)16-14-13(21-9(2)17)11(18)12(22-14)10-7-5-4-6-8-10/h4-8,18H,3H2,1-2H3,(H,16,19). The quantitative estimate of drug-likeness (QED) is 0.842. The van der Waals surface area contributed by atoms with E-state index in [4.69, 9.17) is 13.9 Å². The Kier molecular flexibility index (Phi) is 4.67. The van der Waals surface area contributed by atoms with E-state index < -0.39 is 12.1 Å². The Balaban J connectivity index is 2.43. The fraction of sp³-hybridized carbons (Fsp3) is 0.200. The number of ether oxygens (including phenoxy) is 2. The highest BCUT2D eigenvalue weighted by molar-refractivity contribution is 5.89. The molecule has 7 heteroatoms. The Hall–Kier alpha value is -2.96. The third-order valence-electron chi connectivity index (χ3n) is 2.61. The van der Waals surface area contributed by atoms with Gasteiger partial charge in [0.05, 0.1) is 6.61 Å². The van der Waals surface area contributed by atoms with Crippen LogP contribution in [0.25, 0.3) is 11.3 Å². The number of hydrogen-bond acceptors (Lipinski definition) is 6. The van der Waals surface area contributed by atoms with Crippen LogP contribution < -0.4 is 10.1 Å². The van der Waals surface area contributed by atoms with E-state index in [2.05, 4.69) is 5.32 Å². The maximum atomic E-state index is 11.5. The molecule has 0 unspecified atom stereocenters. The summed E-state index contributed by atoms with van der Waals surface area (Å²) in [6, 6.07) is 8.70. The molecule has 1 heterocycles. The molecule has 7 nitrogen and oxygen atoms in total. The molecule has 0 atom stereocenters. The maximum Gasteiger partial charge on any atom is 0.414 e. The predicted octanol–water partition coefficient (Wildman–Crippen LogP) is 3.15. The van der Waals surface area contributed by atoms with Crippen LogP contribution in [0, 0.1) is 0 Å². The second-order valence-electron chi connectivity index (χ2n) is 4.24. The molecule has 2 rings (SSSR count). The Labute approximate surface area is 126 Å². The molecule has 0 saturated carbocycles. The lowest BCUT2D eigenvalue weighted by atomic mass is 10.1. The summed E-state index contributed by atoms with van der Waals surface area (Å²) in [6.07, 6.45) is -0.788. The van der Waals surface area contributed by atoms with Gasteiger partial charge in [-0.1, -0.05) is 30.3 Å². The van der Waals surface area contributed by atoms with Gasteiger partial charge in [-0.2, -0.15) is 0 Å². The van der Waals surface area contributed by atoms with Gasteiger partial charge in [0, 0.05) is 12.5 Å². The van der Waals surface area contributed by atoms with Crippen LogP contribution >= 0.6 is 0 Å². The molecule has 0 aliphatic heterocycles. The number of esters is 1. The number of hydrogen-bond donors (Lipinski definition) is 2. The summed E-state index contributed by atoms with van der Waals surface area (Å²) < 4.78 is 15.0. The SMILES string of the molecule is CCOC(=O)Nc1oc(-c2ccccc2)c(O)c1OC(C)=O. The Morgan fingerprint density at radius 3 is 2.55 bits per heavy atom. The van der Waals surface area contributed by atoms with E-state index in [9.17, 15) is 14.7 Å². The van der Waals surface area contributed by atoms with Gasteiger partial charge in [-0.3, -0.25) is 10.1 Å². The van der Waals surface area contributed by atoms with Crippen molar-refractivity contribution in [3.05, 3.63) is 30.3 Å². The fourth-order valence-corrected chi connectivity index (χ4v) is 1.77. The number of aromatic hydroxyl groups is 1. The van der Waals surface area contributed by atoms with E-state index in [-0.39, 0.29) is 29.8 Å². The number of nitrogens with one attached hydrogen (secondary N) is 1.